The lowest BCUT2D eigenvalue weighted by atomic mass is 10.1. The van der Waals surface area contributed by atoms with Gasteiger partial charge < -0.3 is 4.90 Å². The maximum Gasteiger partial charge on any atom is 0.0143 e. The van der Waals surface area contributed by atoms with Crippen LogP contribution in [-0.4, -0.2) is 18.5 Å². The van der Waals surface area contributed by atoms with Crippen LogP contribution in [0.2, 0.25) is 0 Å². The van der Waals surface area contributed by atoms with Crippen molar-refractivity contribution >= 4 is 0 Å². The van der Waals surface area contributed by atoms with Gasteiger partial charge in [0, 0.05) is 19.3 Å². The molecule has 0 aromatic rings. The third kappa shape index (κ3) is 17.6. The first kappa shape index (κ1) is 24.0. The van der Waals surface area contributed by atoms with Crippen LogP contribution in [0.4, 0.5) is 0 Å². The molecule has 0 aromatic heterocycles. The lowest BCUT2D eigenvalue weighted by Gasteiger charge is -2.19. The summed E-state index contributed by atoms with van der Waals surface area (Å²) in [6.45, 7) is 9.67. The van der Waals surface area contributed by atoms with Crippen LogP contribution in [0, 0.1) is 0 Å². The second-order valence-corrected chi connectivity index (χ2v) is 7.27. The quantitative estimate of drug-likeness (QED) is 0.179. The normalized spacial score (nSPS) is 11.6. The smallest absolute Gasteiger partial charge is 0.0143 e. The average molecular weight is 348 g/mol. The highest BCUT2D eigenvalue weighted by molar-refractivity contribution is 4.93. The van der Waals surface area contributed by atoms with Gasteiger partial charge in [0.25, 0.3) is 0 Å². The Kier molecular flexibility index (Phi) is 18.6. The molecule has 0 radical (unpaired) electrons. The predicted molar refractivity (Wildman–Crippen MR) is 116 cm³/mol. The Morgan fingerprint density at radius 2 is 1.24 bits per heavy atom. The first-order chi connectivity index (χ1) is 12.2. The lowest BCUT2D eigenvalue weighted by molar-refractivity contribution is 0.417. The van der Waals surface area contributed by atoms with Gasteiger partial charge in [-0.05, 0) is 51.9 Å². The summed E-state index contributed by atoms with van der Waals surface area (Å²) >= 11 is 0. The molecule has 0 atom stereocenters. The van der Waals surface area contributed by atoms with Crippen molar-refractivity contribution in [2.45, 2.75) is 104 Å². The van der Waals surface area contributed by atoms with Crippen LogP contribution in [-0.2, 0) is 0 Å². The summed E-state index contributed by atoms with van der Waals surface area (Å²) in [5.74, 6) is 0. The fourth-order valence-corrected chi connectivity index (χ4v) is 2.91. The highest BCUT2D eigenvalue weighted by Gasteiger charge is 1.99. The predicted octanol–water partition coefficient (Wildman–Crippen LogP) is 8.05. The molecule has 0 rings (SSSR count). The van der Waals surface area contributed by atoms with Gasteiger partial charge in [-0.3, -0.25) is 0 Å². The Morgan fingerprint density at radius 1 is 0.720 bits per heavy atom. The zero-order valence-corrected chi connectivity index (χ0v) is 17.6. The number of rotatable bonds is 18. The minimum atomic E-state index is 1.07. The fraction of sp³-hybridized carbons (Fsp3) is 0.750. The molecule has 0 saturated carbocycles. The van der Waals surface area contributed by atoms with Gasteiger partial charge in [-0.1, -0.05) is 82.8 Å². The SMILES string of the molecule is C=C(CCCCCCCCC/C=C\C/C=C\CCCCC)N(C)CC. The fourth-order valence-electron chi connectivity index (χ4n) is 2.91. The van der Waals surface area contributed by atoms with E-state index in [-0.39, 0.29) is 0 Å². The summed E-state index contributed by atoms with van der Waals surface area (Å²) in [4.78, 5) is 2.26. The van der Waals surface area contributed by atoms with Crippen LogP contribution in [0.15, 0.2) is 36.6 Å². The molecule has 0 heterocycles. The molecule has 0 amide bonds. The molecule has 0 saturated heterocycles. The number of unbranched alkanes of at least 4 members (excludes halogenated alkanes) is 10. The molecule has 0 bridgehead atoms. The van der Waals surface area contributed by atoms with Crippen molar-refractivity contribution in [3.05, 3.63) is 36.6 Å². The third-order valence-corrected chi connectivity index (χ3v) is 4.93. The van der Waals surface area contributed by atoms with E-state index < -0.39 is 0 Å². The van der Waals surface area contributed by atoms with Crippen molar-refractivity contribution in [1.82, 2.24) is 4.90 Å². The summed E-state index contributed by atoms with van der Waals surface area (Å²) in [5.41, 5.74) is 1.30. The molecule has 25 heavy (non-hydrogen) atoms. The summed E-state index contributed by atoms with van der Waals surface area (Å²) in [7, 11) is 2.14. The summed E-state index contributed by atoms with van der Waals surface area (Å²) < 4.78 is 0. The monoisotopic (exact) mass is 347 g/mol. The Morgan fingerprint density at radius 3 is 1.80 bits per heavy atom. The van der Waals surface area contributed by atoms with Gasteiger partial charge in [-0.2, -0.15) is 0 Å². The van der Waals surface area contributed by atoms with E-state index in [1.807, 2.05) is 0 Å². The maximum atomic E-state index is 4.15. The zero-order chi connectivity index (χ0) is 18.6. The number of nitrogens with zero attached hydrogens (tertiary/aromatic N) is 1. The van der Waals surface area contributed by atoms with Crippen molar-refractivity contribution in [2.24, 2.45) is 0 Å². The first-order valence-electron chi connectivity index (χ1n) is 10.9. The van der Waals surface area contributed by atoms with Crippen molar-refractivity contribution in [2.75, 3.05) is 13.6 Å². The molecular weight excluding hydrogens is 302 g/mol. The second-order valence-electron chi connectivity index (χ2n) is 7.27. The third-order valence-electron chi connectivity index (χ3n) is 4.93. The molecule has 0 aliphatic rings. The zero-order valence-electron chi connectivity index (χ0n) is 17.6. The Balaban J connectivity index is 3.25. The van der Waals surface area contributed by atoms with Gasteiger partial charge in [0.1, 0.15) is 0 Å². The van der Waals surface area contributed by atoms with Gasteiger partial charge in [0.2, 0.25) is 0 Å². The molecule has 0 N–H and O–H groups in total. The summed E-state index contributed by atoms with van der Waals surface area (Å²) in [6.07, 6.45) is 27.8. The van der Waals surface area contributed by atoms with Gasteiger partial charge in [0.15, 0.2) is 0 Å². The van der Waals surface area contributed by atoms with E-state index in [4.69, 9.17) is 0 Å². The minimum Gasteiger partial charge on any atom is -0.379 e. The Labute approximate surface area is 159 Å². The highest BCUT2D eigenvalue weighted by Crippen LogP contribution is 2.13. The van der Waals surface area contributed by atoms with Crippen molar-refractivity contribution in [3.63, 3.8) is 0 Å². The number of hydrogen-bond acceptors (Lipinski definition) is 1. The minimum absolute atomic E-state index is 1.07. The largest absolute Gasteiger partial charge is 0.379 e. The average Bonchev–Trinajstić information content (AvgIpc) is 2.63. The van der Waals surface area contributed by atoms with Crippen molar-refractivity contribution < 1.29 is 0 Å². The molecule has 0 unspecified atom stereocenters. The molecule has 0 aliphatic heterocycles. The molecular formula is C24H45N. The van der Waals surface area contributed by atoms with Gasteiger partial charge in [-0.25, -0.2) is 0 Å². The van der Waals surface area contributed by atoms with Gasteiger partial charge >= 0.3 is 0 Å². The van der Waals surface area contributed by atoms with Crippen LogP contribution in [0.5, 0.6) is 0 Å². The summed E-state index contributed by atoms with van der Waals surface area (Å²) in [5, 5.41) is 0. The van der Waals surface area contributed by atoms with Gasteiger partial charge in [-0.15, -0.1) is 0 Å². The topological polar surface area (TPSA) is 3.24 Å². The van der Waals surface area contributed by atoms with Crippen LogP contribution in [0.3, 0.4) is 0 Å². The summed E-state index contributed by atoms with van der Waals surface area (Å²) in [6, 6.07) is 0. The molecule has 1 nitrogen and oxygen atoms in total. The van der Waals surface area contributed by atoms with E-state index in [1.165, 1.54) is 89.2 Å². The van der Waals surface area contributed by atoms with E-state index in [2.05, 4.69) is 56.7 Å². The van der Waals surface area contributed by atoms with Crippen molar-refractivity contribution in [1.29, 1.82) is 0 Å². The molecule has 146 valence electrons. The standard InChI is InChI=1S/C24H45N/c1-5-7-8-9-10-11-12-13-14-15-16-17-18-19-20-21-22-23-24(3)25(4)6-2/h10-11,13-14H,3,5-9,12,15-23H2,1-2,4H3/b11-10-,14-13-. The number of hydrogen-bond donors (Lipinski definition) is 0. The van der Waals surface area contributed by atoms with Crippen molar-refractivity contribution in [3.8, 4) is 0 Å². The van der Waals surface area contributed by atoms with Crippen LogP contribution in [0.1, 0.15) is 104 Å². The van der Waals surface area contributed by atoms with E-state index in [1.54, 1.807) is 0 Å². The maximum absolute atomic E-state index is 4.15. The Hall–Kier alpha value is -0.980. The van der Waals surface area contributed by atoms with Crippen LogP contribution < -0.4 is 0 Å². The van der Waals surface area contributed by atoms with E-state index in [9.17, 15) is 0 Å². The molecule has 0 spiro atoms. The molecule has 0 fully saturated rings. The lowest BCUT2D eigenvalue weighted by Crippen LogP contribution is -2.15. The van der Waals surface area contributed by atoms with Crippen LogP contribution in [0.25, 0.3) is 0 Å². The van der Waals surface area contributed by atoms with E-state index in [0.717, 1.165) is 13.0 Å². The van der Waals surface area contributed by atoms with E-state index in [0.29, 0.717) is 0 Å². The highest BCUT2D eigenvalue weighted by atomic mass is 15.1. The molecule has 0 aliphatic carbocycles. The van der Waals surface area contributed by atoms with Gasteiger partial charge in [0.05, 0.1) is 0 Å². The Bertz CT molecular complexity index is 340. The first-order valence-corrected chi connectivity index (χ1v) is 10.9. The van der Waals surface area contributed by atoms with E-state index >= 15 is 0 Å². The van der Waals surface area contributed by atoms with Crippen LogP contribution >= 0.6 is 0 Å². The number of allylic oxidation sites excluding steroid dienone is 5. The molecule has 1 heteroatoms. The second kappa shape index (κ2) is 19.3. The molecule has 0 aromatic carbocycles.